The van der Waals surface area contributed by atoms with E-state index in [1.165, 1.54) is 13.2 Å². The predicted molar refractivity (Wildman–Crippen MR) is 72.5 cm³/mol. The zero-order valence-electron chi connectivity index (χ0n) is 11.2. The van der Waals surface area contributed by atoms with Gasteiger partial charge < -0.3 is 10.1 Å². The monoisotopic (exact) mass is 265 g/mol. The van der Waals surface area contributed by atoms with Crippen molar-refractivity contribution in [3.05, 3.63) is 30.1 Å². The van der Waals surface area contributed by atoms with Gasteiger partial charge in [-0.05, 0) is 25.0 Å². The largest absolute Gasteiger partial charge is 0.467 e. The van der Waals surface area contributed by atoms with Crippen molar-refractivity contribution in [2.24, 2.45) is 0 Å². The quantitative estimate of drug-likeness (QED) is 0.671. The van der Waals surface area contributed by atoms with E-state index in [1.54, 1.807) is 18.2 Å². The fraction of sp³-hybridized carbons (Fsp3) is 0.533. The summed E-state index contributed by atoms with van der Waals surface area (Å²) in [5, 5.41) is 3.10. The van der Waals surface area contributed by atoms with E-state index in [2.05, 4.69) is 5.32 Å². The molecule has 0 atom stereocenters. The third-order valence-electron chi connectivity index (χ3n) is 3.78. The summed E-state index contributed by atoms with van der Waals surface area (Å²) in [5.74, 6) is -0.632. The standard InChI is InChI=1S/C15H20FNO2/c1-19-14(18)15(10-6-2-3-7-11-15)17-13-9-5-4-8-12(13)16/h4-5,8-9,17H,2-3,6-7,10-11H2,1H3. The third-order valence-corrected chi connectivity index (χ3v) is 3.78. The Balaban J connectivity index is 2.27. The highest BCUT2D eigenvalue weighted by Gasteiger charge is 2.40. The average Bonchev–Trinajstić information content (AvgIpc) is 2.67. The van der Waals surface area contributed by atoms with Crippen LogP contribution in [0.4, 0.5) is 10.1 Å². The molecular weight excluding hydrogens is 245 g/mol. The molecule has 3 nitrogen and oxygen atoms in total. The predicted octanol–water partition coefficient (Wildman–Crippen LogP) is 3.50. The molecule has 1 N–H and O–H groups in total. The smallest absolute Gasteiger partial charge is 0.331 e. The van der Waals surface area contributed by atoms with Gasteiger partial charge in [0.25, 0.3) is 0 Å². The van der Waals surface area contributed by atoms with Gasteiger partial charge in [0.2, 0.25) is 0 Å². The number of para-hydroxylation sites is 1. The molecular formula is C15H20FNO2. The van der Waals surface area contributed by atoms with E-state index in [-0.39, 0.29) is 11.8 Å². The Morgan fingerprint density at radius 2 is 1.84 bits per heavy atom. The lowest BCUT2D eigenvalue weighted by molar-refractivity contribution is -0.146. The molecule has 1 saturated carbocycles. The van der Waals surface area contributed by atoms with E-state index in [0.29, 0.717) is 18.5 Å². The van der Waals surface area contributed by atoms with E-state index in [9.17, 15) is 9.18 Å². The fourth-order valence-electron chi connectivity index (χ4n) is 2.73. The van der Waals surface area contributed by atoms with E-state index in [4.69, 9.17) is 4.74 Å². The Labute approximate surface area is 113 Å². The van der Waals surface area contributed by atoms with Crippen molar-refractivity contribution < 1.29 is 13.9 Å². The highest BCUT2D eigenvalue weighted by molar-refractivity contribution is 5.84. The second-order valence-electron chi connectivity index (χ2n) is 5.09. The number of carbonyl (C=O) groups is 1. The van der Waals surface area contributed by atoms with Crippen LogP contribution in [0.25, 0.3) is 0 Å². The summed E-state index contributed by atoms with van der Waals surface area (Å²) in [6.45, 7) is 0. The van der Waals surface area contributed by atoms with Gasteiger partial charge in [0, 0.05) is 0 Å². The van der Waals surface area contributed by atoms with Gasteiger partial charge in [-0.25, -0.2) is 9.18 Å². The molecule has 104 valence electrons. The number of ether oxygens (including phenoxy) is 1. The highest BCUT2D eigenvalue weighted by atomic mass is 19.1. The average molecular weight is 265 g/mol. The lowest BCUT2D eigenvalue weighted by atomic mass is 9.89. The van der Waals surface area contributed by atoms with E-state index >= 15 is 0 Å². The number of carbonyl (C=O) groups excluding carboxylic acids is 1. The Morgan fingerprint density at radius 1 is 1.21 bits per heavy atom. The lowest BCUT2D eigenvalue weighted by Gasteiger charge is -2.32. The summed E-state index contributed by atoms with van der Waals surface area (Å²) >= 11 is 0. The van der Waals surface area contributed by atoms with Crippen LogP contribution in [-0.4, -0.2) is 18.6 Å². The van der Waals surface area contributed by atoms with Crippen LogP contribution in [0.5, 0.6) is 0 Å². The molecule has 1 aliphatic carbocycles. The molecule has 0 saturated heterocycles. The van der Waals surface area contributed by atoms with Crippen LogP contribution in [0.2, 0.25) is 0 Å². The van der Waals surface area contributed by atoms with Crippen LogP contribution >= 0.6 is 0 Å². The molecule has 1 aliphatic rings. The molecule has 19 heavy (non-hydrogen) atoms. The van der Waals surface area contributed by atoms with Gasteiger partial charge in [-0.3, -0.25) is 0 Å². The molecule has 1 fully saturated rings. The maximum atomic E-state index is 13.8. The maximum absolute atomic E-state index is 13.8. The van der Waals surface area contributed by atoms with Crippen molar-refractivity contribution in [1.29, 1.82) is 0 Å². The number of methoxy groups -OCH3 is 1. The number of halogens is 1. The van der Waals surface area contributed by atoms with Gasteiger partial charge in [-0.2, -0.15) is 0 Å². The van der Waals surface area contributed by atoms with Gasteiger partial charge >= 0.3 is 5.97 Å². The maximum Gasteiger partial charge on any atom is 0.331 e. The van der Waals surface area contributed by atoms with Gasteiger partial charge in [-0.1, -0.05) is 37.8 Å². The first-order valence-corrected chi connectivity index (χ1v) is 6.79. The number of anilines is 1. The Hall–Kier alpha value is -1.58. The summed E-state index contributed by atoms with van der Waals surface area (Å²) in [6, 6.07) is 6.44. The first kappa shape index (κ1) is 13.8. The molecule has 4 heteroatoms. The second kappa shape index (κ2) is 6.04. The zero-order chi connectivity index (χ0) is 13.7. The van der Waals surface area contributed by atoms with Crippen molar-refractivity contribution >= 4 is 11.7 Å². The summed E-state index contributed by atoms with van der Waals surface area (Å²) in [7, 11) is 1.39. The van der Waals surface area contributed by atoms with Crippen LogP contribution in [0.15, 0.2) is 24.3 Å². The summed E-state index contributed by atoms with van der Waals surface area (Å²) in [5.41, 5.74) is -0.414. The topological polar surface area (TPSA) is 38.3 Å². The van der Waals surface area contributed by atoms with Crippen molar-refractivity contribution in [3.8, 4) is 0 Å². The van der Waals surface area contributed by atoms with Crippen LogP contribution in [0.1, 0.15) is 38.5 Å². The molecule has 1 aromatic carbocycles. The highest BCUT2D eigenvalue weighted by Crippen LogP contribution is 2.32. The number of hydrogen-bond donors (Lipinski definition) is 1. The molecule has 0 aliphatic heterocycles. The Kier molecular flexibility index (Phi) is 4.40. The van der Waals surface area contributed by atoms with Crippen LogP contribution in [0, 0.1) is 5.82 Å². The van der Waals surface area contributed by atoms with Crippen molar-refractivity contribution in [1.82, 2.24) is 0 Å². The molecule has 0 radical (unpaired) electrons. The van der Waals surface area contributed by atoms with Gasteiger partial charge in [0.05, 0.1) is 12.8 Å². The van der Waals surface area contributed by atoms with E-state index in [0.717, 1.165) is 25.7 Å². The molecule has 0 aromatic heterocycles. The molecule has 0 unspecified atom stereocenters. The van der Waals surface area contributed by atoms with Crippen LogP contribution in [-0.2, 0) is 9.53 Å². The first-order chi connectivity index (χ1) is 9.18. The zero-order valence-corrected chi connectivity index (χ0v) is 11.2. The van der Waals surface area contributed by atoms with Crippen molar-refractivity contribution in [3.63, 3.8) is 0 Å². The number of benzene rings is 1. The Morgan fingerprint density at radius 3 is 2.42 bits per heavy atom. The molecule has 0 spiro atoms. The molecule has 2 rings (SSSR count). The van der Waals surface area contributed by atoms with Gasteiger partial charge in [0.1, 0.15) is 11.4 Å². The summed E-state index contributed by atoms with van der Waals surface area (Å²) in [4.78, 5) is 12.2. The molecule has 0 bridgehead atoms. The lowest BCUT2D eigenvalue weighted by Crippen LogP contribution is -2.47. The number of nitrogens with one attached hydrogen (secondary N) is 1. The van der Waals surface area contributed by atoms with E-state index in [1.807, 2.05) is 0 Å². The summed E-state index contributed by atoms with van der Waals surface area (Å²) in [6.07, 6.45) is 5.50. The Bertz CT molecular complexity index is 440. The first-order valence-electron chi connectivity index (χ1n) is 6.79. The van der Waals surface area contributed by atoms with Crippen molar-refractivity contribution in [2.45, 2.75) is 44.1 Å². The third kappa shape index (κ3) is 3.06. The minimum absolute atomic E-state index is 0.294. The number of rotatable bonds is 3. The number of esters is 1. The molecule has 0 heterocycles. The SMILES string of the molecule is COC(=O)C1(Nc2ccccc2F)CCCCCC1. The van der Waals surface area contributed by atoms with Gasteiger partial charge in [0.15, 0.2) is 0 Å². The molecule has 1 aromatic rings. The van der Waals surface area contributed by atoms with Crippen molar-refractivity contribution in [2.75, 3.05) is 12.4 Å². The fourth-order valence-corrected chi connectivity index (χ4v) is 2.73. The van der Waals surface area contributed by atoms with E-state index < -0.39 is 5.54 Å². The normalized spacial score (nSPS) is 18.4. The molecule has 0 amide bonds. The van der Waals surface area contributed by atoms with Gasteiger partial charge in [-0.15, -0.1) is 0 Å². The van der Waals surface area contributed by atoms with Crippen LogP contribution in [0.3, 0.4) is 0 Å². The number of hydrogen-bond acceptors (Lipinski definition) is 3. The summed E-state index contributed by atoms with van der Waals surface area (Å²) < 4.78 is 18.7. The minimum atomic E-state index is -0.784. The second-order valence-corrected chi connectivity index (χ2v) is 5.09. The van der Waals surface area contributed by atoms with Crippen LogP contribution < -0.4 is 5.32 Å². The minimum Gasteiger partial charge on any atom is -0.467 e.